The maximum atomic E-state index is 12.5. The van der Waals surface area contributed by atoms with E-state index in [1.807, 2.05) is 0 Å². The number of rotatable bonds is 3. The van der Waals surface area contributed by atoms with E-state index in [0.717, 1.165) is 12.1 Å². The Morgan fingerprint density at radius 3 is 2.45 bits per heavy atom. The summed E-state index contributed by atoms with van der Waals surface area (Å²) >= 11 is 1.26. The molecule has 7 heteroatoms. The molecule has 0 spiro atoms. The van der Waals surface area contributed by atoms with E-state index in [1.54, 1.807) is 5.38 Å². The largest absolute Gasteiger partial charge is 0.506 e. The average Bonchev–Trinajstić information content (AvgIpc) is 2.77. The number of hydrogen-bond donors (Lipinski definition) is 2. The summed E-state index contributed by atoms with van der Waals surface area (Å²) in [6, 6.07) is 4.68. The molecule has 2 aromatic rings. The number of aromatic hydroxyl groups is 1. The highest BCUT2D eigenvalue weighted by molar-refractivity contribution is 7.14. The second-order valence-electron chi connectivity index (χ2n) is 4.05. The molecule has 1 aromatic carbocycles. The van der Waals surface area contributed by atoms with Crippen LogP contribution in [0.25, 0.3) is 10.4 Å². The fraction of sp³-hybridized carbons (Fsp3) is 0.154. The highest BCUT2D eigenvalue weighted by Crippen LogP contribution is 2.39. The van der Waals surface area contributed by atoms with Crippen LogP contribution in [0.5, 0.6) is 5.75 Å². The fourth-order valence-corrected chi connectivity index (χ4v) is 2.68. The molecule has 0 aliphatic heterocycles. The van der Waals surface area contributed by atoms with Gasteiger partial charge in [0, 0.05) is 18.2 Å². The van der Waals surface area contributed by atoms with Crippen molar-refractivity contribution in [2.45, 2.75) is 12.6 Å². The van der Waals surface area contributed by atoms with E-state index in [-0.39, 0.29) is 5.75 Å². The number of halogens is 3. The summed E-state index contributed by atoms with van der Waals surface area (Å²) < 4.78 is 37.4. The topological polar surface area (TPSA) is 58.6 Å². The van der Waals surface area contributed by atoms with Gasteiger partial charge in [-0.1, -0.05) is 12.1 Å². The van der Waals surface area contributed by atoms with Crippen LogP contribution in [0.3, 0.4) is 0 Å². The molecule has 2 rings (SSSR count). The lowest BCUT2D eigenvalue weighted by Crippen LogP contribution is -2.03. The fourth-order valence-electron chi connectivity index (χ4n) is 1.70. The first-order valence-electron chi connectivity index (χ1n) is 5.62. The molecular formula is C13H11F3N2OS. The maximum Gasteiger partial charge on any atom is 0.416 e. The highest BCUT2D eigenvalue weighted by Gasteiger charge is 2.30. The number of hydrazone groups is 1. The lowest BCUT2D eigenvalue weighted by molar-refractivity contribution is -0.137. The van der Waals surface area contributed by atoms with Crippen molar-refractivity contribution >= 4 is 17.6 Å². The molecule has 0 radical (unpaired) electrons. The van der Waals surface area contributed by atoms with Crippen molar-refractivity contribution in [3.05, 3.63) is 40.8 Å². The highest BCUT2D eigenvalue weighted by atomic mass is 32.1. The summed E-state index contributed by atoms with van der Waals surface area (Å²) in [5.41, 5.74) is 0.461. The maximum absolute atomic E-state index is 12.5. The molecule has 0 aliphatic rings. The first kappa shape index (κ1) is 14.4. The predicted molar refractivity (Wildman–Crippen MR) is 72.8 cm³/mol. The Bertz CT molecular complexity index is 618. The molecule has 0 amide bonds. The minimum Gasteiger partial charge on any atom is -0.506 e. The Hall–Kier alpha value is -2.02. The summed E-state index contributed by atoms with van der Waals surface area (Å²) in [5, 5.41) is 15.1. The van der Waals surface area contributed by atoms with Gasteiger partial charge in [-0.3, -0.25) is 0 Å². The van der Waals surface area contributed by atoms with Crippen molar-refractivity contribution in [3.63, 3.8) is 0 Å². The van der Waals surface area contributed by atoms with Crippen LogP contribution in [0.1, 0.15) is 11.1 Å². The van der Waals surface area contributed by atoms with Gasteiger partial charge in [0.1, 0.15) is 5.75 Å². The summed E-state index contributed by atoms with van der Waals surface area (Å²) in [5.74, 6) is 5.04. The first-order chi connectivity index (χ1) is 9.43. The monoisotopic (exact) mass is 300 g/mol. The van der Waals surface area contributed by atoms with E-state index < -0.39 is 11.7 Å². The van der Waals surface area contributed by atoms with Crippen LogP contribution in [-0.4, -0.2) is 11.3 Å². The van der Waals surface area contributed by atoms with Crippen molar-refractivity contribution in [1.82, 2.24) is 0 Å². The third kappa shape index (κ3) is 2.93. The van der Waals surface area contributed by atoms with Gasteiger partial charge in [-0.05, 0) is 23.1 Å². The third-order valence-corrected chi connectivity index (χ3v) is 3.80. The number of nitrogens with zero attached hydrogens (tertiary/aromatic N) is 1. The Morgan fingerprint density at radius 1 is 1.25 bits per heavy atom. The molecule has 1 heterocycles. The molecule has 106 valence electrons. The summed E-state index contributed by atoms with van der Waals surface area (Å²) in [6.45, 7) is 0. The predicted octanol–water partition coefficient (Wildman–Crippen LogP) is 3.63. The molecule has 0 saturated heterocycles. The number of thiophene rings is 1. The smallest absolute Gasteiger partial charge is 0.416 e. The molecule has 0 atom stereocenters. The summed E-state index contributed by atoms with van der Waals surface area (Å²) in [6.07, 6.45) is -2.55. The second kappa shape index (κ2) is 5.54. The minimum absolute atomic E-state index is 0.0506. The average molecular weight is 300 g/mol. The zero-order valence-corrected chi connectivity index (χ0v) is 11.0. The van der Waals surface area contributed by atoms with Crippen molar-refractivity contribution in [3.8, 4) is 16.2 Å². The number of benzene rings is 1. The molecule has 0 fully saturated rings. The van der Waals surface area contributed by atoms with E-state index in [2.05, 4.69) is 5.10 Å². The van der Waals surface area contributed by atoms with Crippen LogP contribution in [0, 0.1) is 0 Å². The number of alkyl halides is 3. The van der Waals surface area contributed by atoms with Gasteiger partial charge in [0.2, 0.25) is 0 Å². The standard InChI is InChI=1S/C13H11F3N2OS/c14-13(15,16)10-3-1-8(2-4-10)12-11(19)9(7-20-12)5-6-18-17/h1-4,6-7,19H,5,17H2. The number of hydrogen-bond acceptors (Lipinski definition) is 4. The molecule has 0 saturated carbocycles. The summed E-state index contributed by atoms with van der Waals surface area (Å²) in [7, 11) is 0. The minimum atomic E-state index is -4.36. The Labute approximate surface area is 117 Å². The van der Waals surface area contributed by atoms with Crippen molar-refractivity contribution in [2.75, 3.05) is 0 Å². The van der Waals surface area contributed by atoms with E-state index in [4.69, 9.17) is 5.84 Å². The van der Waals surface area contributed by atoms with Crippen LogP contribution >= 0.6 is 11.3 Å². The van der Waals surface area contributed by atoms with Crippen molar-refractivity contribution in [2.24, 2.45) is 10.9 Å². The van der Waals surface area contributed by atoms with Crippen LogP contribution in [0.4, 0.5) is 13.2 Å². The molecule has 0 unspecified atom stereocenters. The van der Waals surface area contributed by atoms with Crippen molar-refractivity contribution < 1.29 is 18.3 Å². The van der Waals surface area contributed by atoms with E-state index in [0.29, 0.717) is 22.4 Å². The zero-order valence-electron chi connectivity index (χ0n) is 10.2. The molecule has 3 N–H and O–H groups in total. The van der Waals surface area contributed by atoms with Gasteiger partial charge in [0.15, 0.2) is 0 Å². The summed E-state index contributed by atoms with van der Waals surface area (Å²) in [4.78, 5) is 0.527. The number of nitrogens with two attached hydrogens (primary N) is 1. The zero-order chi connectivity index (χ0) is 14.8. The molecular weight excluding hydrogens is 289 g/mol. The van der Waals surface area contributed by atoms with E-state index >= 15 is 0 Å². The molecule has 1 aromatic heterocycles. The van der Waals surface area contributed by atoms with Crippen molar-refractivity contribution in [1.29, 1.82) is 0 Å². The van der Waals surface area contributed by atoms with Gasteiger partial charge >= 0.3 is 6.18 Å². The lowest BCUT2D eigenvalue weighted by atomic mass is 10.1. The van der Waals surface area contributed by atoms with Crippen LogP contribution in [0.2, 0.25) is 0 Å². The Balaban J connectivity index is 2.30. The normalized spacial score (nSPS) is 12.2. The van der Waals surface area contributed by atoms with Gasteiger partial charge in [0.25, 0.3) is 0 Å². The Morgan fingerprint density at radius 2 is 1.90 bits per heavy atom. The van der Waals surface area contributed by atoms with E-state index in [1.165, 1.54) is 29.7 Å². The van der Waals surface area contributed by atoms with Gasteiger partial charge in [-0.2, -0.15) is 18.3 Å². The second-order valence-corrected chi connectivity index (χ2v) is 4.93. The Kier molecular flexibility index (Phi) is 3.99. The lowest BCUT2D eigenvalue weighted by Gasteiger charge is -2.07. The van der Waals surface area contributed by atoms with Gasteiger partial charge in [-0.15, -0.1) is 11.3 Å². The van der Waals surface area contributed by atoms with Gasteiger partial charge in [-0.25, -0.2) is 0 Å². The molecule has 3 nitrogen and oxygen atoms in total. The van der Waals surface area contributed by atoms with Gasteiger partial charge < -0.3 is 10.9 Å². The van der Waals surface area contributed by atoms with Crippen LogP contribution in [-0.2, 0) is 12.6 Å². The third-order valence-electron chi connectivity index (χ3n) is 2.73. The molecule has 20 heavy (non-hydrogen) atoms. The van der Waals surface area contributed by atoms with E-state index in [9.17, 15) is 18.3 Å². The molecule has 0 bridgehead atoms. The molecule has 0 aliphatic carbocycles. The first-order valence-corrected chi connectivity index (χ1v) is 6.50. The van der Waals surface area contributed by atoms with Crippen LogP contribution in [0.15, 0.2) is 34.7 Å². The van der Waals surface area contributed by atoms with Crippen LogP contribution < -0.4 is 5.84 Å². The quantitative estimate of drug-likeness (QED) is 0.516. The SMILES string of the molecule is NN=CCc1csc(-c2ccc(C(F)(F)F)cc2)c1O. The van der Waals surface area contributed by atoms with Gasteiger partial charge in [0.05, 0.1) is 10.4 Å².